The van der Waals surface area contributed by atoms with Crippen LogP contribution in [0.5, 0.6) is 0 Å². The van der Waals surface area contributed by atoms with Crippen molar-refractivity contribution in [3.63, 3.8) is 0 Å². The summed E-state index contributed by atoms with van der Waals surface area (Å²) >= 11 is 0. The van der Waals surface area contributed by atoms with E-state index in [1.807, 2.05) is 0 Å². The van der Waals surface area contributed by atoms with E-state index >= 15 is 0 Å². The normalized spacial score (nSPS) is 23.8. The van der Waals surface area contributed by atoms with Gasteiger partial charge < -0.3 is 5.32 Å². The Morgan fingerprint density at radius 3 is 1.93 bits per heavy atom. The van der Waals surface area contributed by atoms with Gasteiger partial charge in [-0.2, -0.15) is 0 Å². The van der Waals surface area contributed by atoms with Crippen molar-refractivity contribution in [2.75, 3.05) is 6.54 Å². The van der Waals surface area contributed by atoms with Crippen LogP contribution in [0.25, 0.3) is 0 Å². The van der Waals surface area contributed by atoms with Gasteiger partial charge in [-0.25, -0.2) is 0 Å². The highest BCUT2D eigenvalue weighted by molar-refractivity contribution is 4.92. The van der Waals surface area contributed by atoms with Crippen LogP contribution in [0, 0.1) is 23.7 Å². The molecule has 0 aromatic heterocycles. The molecule has 0 aromatic rings. The zero-order valence-corrected chi connectivity index (χ0v) is 10.6. The predicted molar refractivity (Wildman–Crippen MR) is 65.9 cm³/mol. The van der Waals surface area contributed by atoms with Gasteiger partial charge >= 0.3 is 0 Å². The first-order valence-electron chi connectivity index (χ1n) is 6.90. The third-order valence-electron chi connectivity index (χ3n) is 3.98. The average Bonchev–Trinajstić information content (AvgIpc) is 2.99. The summed E-state index contributed by atoms with van der Waals surface area (Å²) < 4.78 is 0. The largest absolute Gasteiger partial charge is 0.314 e. The molecule has 2 aliphatic carbocycles. The molecule has 0 radical (unpaired) electrons. The molecular weight excluding hydrogens is 182 g/mol. The van der Waals surface area contributed by atoms with Gasteiger partial charge in [-0.3, -0.25) is 0 Å². The molecule has 1 unspecified atom stereocenters. The Morgan fingerprint density at radius 1 is 1.00 bits per heavy atom. The molecule has 0 spiro atoms. The fourth-order valence-corrected chi connectivity index (χ4v) is 2.89. The number of rotatable bonds is 7. The van der Waals surface area contributed by atoms with Gasteiger partial charge in [0.25, 0.3) is 0 Å². The fraction of sp³-hybridized carbons (Fsp3) is 1.00. The van der Waals surface area contributed by atoms with Crippen LogP contribution in [0.4, 0.5) is 0 Å². The third kappa shape index (κ3) is 3.79. The van der Waals surface area contributed by atoms with E-state index in [2.05, 4.69) is 26.1 Å². The SMILES string of the molecule is CC(C)CC(C)NCC(C1CC1)C1CC1. The molecule has 0 amide bonds. The molecule has 2 fully saturated rings. The lowest BCUT2D eigenvalue weighted by atomic mass is 9.97. The van der Waals surface area contributed by atoms with Crippen LogP contribution >= 0.6 is 0 Å². The zero-order chi connectivity index (χ0) is 10.8. The maximum atomic E-state index is 3.76. The zero-order valence-electron chi connectivity index (χ0n) is 10.6. The van der Waals surface area contributed by atoms with Gasteiger partial charge in [0.15, 0.2) is 0 Å². The molecule has 15 heavy (non-hydrogen) atoms. The van der Waals surface area contributed by atoms with E-state index in [1.54, 1.807) is 0 Å². The van der Waals surface area contributed by atoms with E-state index in [9.17, 15) is 0 Å². The summed E-state index contributed by atoms with van der Waals surface area (Å²) in [5, 5.41) is 3.76. The van der Waals surface area contributed by atoms with E-state index in [1.165, 1.54) is 38.6 Å². The van der Waals surface area contributed by atoms with Gasteiger partial charge in [0.1, 0.15) is 0 Å². The molecule has 0 bridgehead atoms. The number of hydrogen-bond acceptors (Lipinski definition) is 1. The molecule has 1 atom stereocenters. The molecule has 0 aromatic carbocycles. The third-order valence-corrected chi connectivity index (χ3v) is 3.98. The first-order chi connectivity index (χ1) is 7.16. The van der Waals surface area contributed by atoms with E-state index in [0.717, 1.165) is 23.7 Å². The van der Waals surface area contributed by atoms with E-state index in [4.69, 9.17) is 0 Å². The highest BCUT2D eigenvalue weighted by atomic mass is 14.9. The summed E-state index contributed by atoms with van der Waals surface area (Å²) in [7, 11) is 0. The van der Waals surface area contributed by atoms with Gasteiger partial charge in [-0.15, -0.1) is 0 Å². The molecule has 0 heterocycles. The van der Waals surface area contributed by atoms with Crippen molar-refractivity contribution in [2.24, 2.45) is 23.7 Å². The van der Waals surface area contributed by atoms with Gasteiger partial charge in [0.2, 0.25) is 0 Å². The van der Waals surface area contributed by atoms with E-state index in [0.29, 0.717) is 6.04 Å². The van der Waals surface area contributed by atoms with Gasteiger partial charge in [-0.05, 0) is 69.2 Å². The lowest BCUT2D eigenvalue weighted by Gasteiger charge is -2.21. The molecule has 0 aliphatic heterocycles. The van der Waals surface area contributed by atoms with E-state index < -0.39 is 0 Å². The summed E-state index contributed by atoms with van der Waals surface area (Å²) in [4.78, 5) is 0. The quantitative estimate of drug-likeness (QED) is 0.677. The second-order valence-electron chi connectivity index (χ2n) is 6.28. The van der Waals surface area contributed by atoms with Gasteiger partial charge in [-0.1, -0.05) is 13.8 Å². The predicted octanol–water partition coefficient (Wildman–Crippen LogP) is 3.45. The summed E-state index contributed by atoms with van der Waals surface area (Å²) in [6.07, 6.45) is 7.38. The highest BCUT2D eigenvalue weighted by Gasteiger charge is 2.40. The highest BCUT2D eigenvalue weighted by Crippen LogP contribution is 2.48. The Hall–Kier alpha value is -0.0400. The minimum absolute atomic E-state index is 0.713. The standard InChI is InChI=1S/C14H27N/c1-10(2)8-11(3)15-9-14(12-4-5-12)13-6-7-13/h10-15H,4-9H2,1-3H3. The first kappa shape index (κ1) is 11.4. The minimum Gasteiger partial charge on any atom is -0.314 e. The van der Waals surface area contributed by atoms with Crippen LogP contribution < -0.4 is 5.32 Å². The molecule has 88 valence electrons. The molecule has 1 N–H and O–H groups in total. The molecule has 0 saturated heterocycles. The van der Waals surface area contributed by atoms with Gasteiger partial charge in [0, 0.05) is 6.04 Å². The van der Waals surface area contributed by atoms with Crippen LogP contribution in [0.3, 0.4) is 0 Å². The molecule has 2 rings (SSSR count). The maximum Gasteiger partial charge on any atom is 0.00412 e. The van der Waals surface area contributed by atoms with Crippen molar-refractivity contribution in [3.8, 4) is 0 Å². The van der Waals surface area contributed by atoms with Gasteiger partial charge in [0.05, 0.1) is 0 Å². The number of nitrogens with one attached hydrogen (secondary N) is 1. The van der Waals surface area contributed by atoms with Crippen molar-refractivity contribution in [1.82, 2.24) is 5.32 Å². The van der Waals surface area contributed by atoms with Crippen molar-refractivity contribution >= 4 is 0 Å². The smallest absolute Gasteiger partial charge is 0.00412 e. The molecular formula is C14H27N. The average molecular weight is 209 g/mol. The summed E-state index contributed by atoms with van der Waals surface area (Å²) in [5.74, 6) is 4.04. The summed E-state index contributed by atoms with van der Waals surface area (Å²) in [6.45, 7) is 8.27. The number of hydrogen-bond donors (Lipinski definition) is 1. The Morgan fingerprint density at radius 2 is 1.53 bits per heavy atom. The summed E-state index contributed by atoms with van der Waals surface area (Å²) in [6, 6.07) is 0.713. The topological polar surface area (TPSA) is 12.0 Å². The van der Waals surface area contributed by atoms with Crippen LogP contribution in [-0.4, -0.2) is 12.6 Å². The molecule has 1 nitrogen and oxygen atoms in total. The minimum atomic E-state index is 0.713. The summed E-state index contributed by atoms with van der Waals surface area (Å²) in [5.41, 5.74) is 0. The second kappa shape index (κ2) is 4.86. The van der Waals surface area contributed by atoms with Crippen molar-refractivity contribution < 1.29 is 0 Å². The van der Waals surface area contributed by atoms with Crippen LogP contribution in [0.1, 0.15) is 52.9 Å². The van der Waals surface area contributed by atoms with Crippen LogP contribution in [0.2, 0.25) is 0 Å². The van der Waals surface area contributed by atoms with E-state index in [-0.39, 0.29) is 0 Å². The lowest BCUT2D eigenvalue weighted by molar-refractivity contribution is 0.342. The monoisotopic (exact) mass is 209 g/mol. The Labute approximate surface area is 95.0 Å². The van der Waals surface area contributed by atoms with Crippen molar-refractivity contribution in [2.45, 2.75) is 58.9 Å². The Balaban J connectivity index is 1.66. The Kier molecular flexibility index (Phi) is 3.71. The van der Waals surface area contributed by atoms with Crippen molar-refractivity contribution in [3.05, 3.63) is 0 Å². The first-order valence-corrected chi connectivity index (χ1v) is 6.90. The lowest BCUT2D eigenvalue weighted by Crippen LogP contribution is -2.33. The van der Waals surface area contributed by atoms with Crippen LogP contribution in [0.15, 0.2) is 0 Å². The molecule has 2 saturated carbocycles. The molecule has 2 aliphatic rings. The Bertz CT molecular complexity index is 180. The molecule has 1 heteroatoms. The van der Waals surface area contributed by atoms with Crippen molar-refractivity contribution in [1.29, 1.82) is 0 Å². The fourth-order valence-electron chi connectivity index (χ4n) is 2.89. The second-order valence-corrected chi connectivity index (χ2v) is 6.28. The maximum absolute atomic E-state index is 3.76. The van der Waals surface area contributed by atoms with Crippen LogP contribution in [-0.2, 0) is 0 Å².